The van der Waals surface area contributed by atoms with Crippen molar-refractivity contribution in [3.8, 4) is 44.5 Å². The summed E-state index contributed by atoms with van der Waals surface area (Å²) in [5, 5.41) is 22.8. The Hall–Kier alpha value is -18.8. The monoisotopic (exact) mass is 1870 g/mol. The normalized spacial score (nSPS) is 11.8. The first-order valence-corrected chi connectivity index (χ1v) is 50.4. The summed E-state index contributed by atoms with van der Waals surface area (Å²) in [4.78, 5) is 9.87. The van der Waals surface area contributed by atoms with Crippen molar-refractivity contribution >= 4 is 221 Å². The van der Waals surface area contributed by atoms with E-state index in [-0.39, 0.29) is 0 Å². The van der Waals surface area contributed by atoms with Crippen molar-refractivity contribution in [2.45, 2.75) is 39.5 Å². The van der Waals surface area contributed by atoms with Gasteiger partial charge in [-0.15, -0.1) is 0 Å². The lowest BCUT2D eigenvalue weighted by Crippen LogP contribution is -2.14. The molecule has 8 nitrogen and oxygen atoms in total. The molecular formula is C138H96N4O4. The minimum absolute atomic E-state index is 0.335. The molecule has 8 heteroatoms. The Bertz CT molecular complexity index is 9400. The summed E-state index contributed by atoms with van der Waals surface area (Å²) in [7, 11) is 0. The molecule has 4 heterocycles. The quantitative estimate of drug-likeness (QED) is 0.0788. The van der Waals surface area contributed by atoms with Gasteiger partial charge in [0.05, 0.1) is 22.7 Å². The summed E-state index contributed by atoms with van der Waals surface area (Å²) in [5.74, 6) is 0.669. The molecule has 146 heavy (non-hydrogen) atoms. The predicted molar refractivity (Wildman–Crippen MR) is 616 cm³/mol. The average molecular weight is 1870 g/mol. The largest absolute Gasteiger partial charge is 0.455 e. The summed E-state index contributed by atoms with van der Waals surface area (Å²) < 4.78 is 26.2. The number of benzene rings is 24. The lowest BCUT2D eigenvalue weighted by atomic mass is 9.93. The Morgan fingerprint density at radius 3 is 0.603 bits per heavy atom. The minimum Gasteiger partial charge on any atom is -0.455 e. The summed E-state index contributed by atoms with van der Waals surface area (Å²) in [6.45, 7) is 9.10. The van der Waals surface area contributed by atoms with E-state index in [2.05, 4.69) is 508 Å². The highest BCUT2D eigenvalue weighted by Crippen LogP contribution is 2.56. The fourth-order valence-corrected chi connectivity index (χ4v) is 22.5. The molecule has 28 rings (SSSR count). The number of hydrogen-bond acceptors (Lipinski definition) is 8. The highest BCUT2D eigenvalue weighted by molar-refractivity contribution is 6.27. The number of fused-ring (bicyclic) bond motifs is 18. The van der Waals surface area contributed by atoms with E-state index in [4.69, 9.17) is 17.7 Å². The second kappa shape index (κ2) is 35.8. The first-order valence-electron chi connectivity index (χ1n) is 50.4. The Labute approximate surface area is 844 Å². The van der Waals surface area contributed by atoms with Gasteiger partial charge in [0.15, 0.2) is 0 Å². The van der Waals surface area contributed by atoms with Crippen molar-refractivity contribution in [2.75, 3.05) is 19.6 Å². The molecule has 0 spiro atoms. The van der Waals surface area contributed by atoms with E-state index < -0.39 is 0 Å². The SMILES string of the molecule is CC(C)c1cccc(N(c2ccc(-c3cccc4c3oc3ccccc34)cc2)c2c3ccccc3cc3c(N(c4ccc(-c5cccc6c5oc5ccccc56)cc4)c4cccc(C(C)C)c4)c4ccccc4cc23)c1.c1ccc(N(c2ccc(-c3cccc4c3oc3ccccc34)cc2)c2c3ccccc3cc3c(N(c4ccccc4)c4ccc(-c5cccc6c5oc5ccccc56)cc4)c4ccccc4cc23)cc1. The van der Waals surface area contributed by atoms with Crippen LogP contribution in [0.1, 0.15) is 50.7 Å². The van der Waals surface area contributed by atoms with E-state index in [1.807, 2.05) is 36.4 Å². The van der Waals surface area contributed by atoms with Crippen LogP contribution in [0.15, 0.2) is 515 Å². The second-order valence-electron chi connectivity index (χ2n) is 38.8. The molecule has 0 N–H and O–H groups in total. The fraction of sp³-hybridized carbons (Fsp3) is 0.0435. The second-order valence-corrected chi connectivity index (χ2v) is 38.8. The van der Waals surface area contributed by atoms with Crippen LogP contribution in [0.2, 0.25) is 0 Å². The van der Waals surface area contributed by atoms with Crippen molar-refractivity contribution in [1.29, 1.82) is 0 Å². The highest BCUT2D eigenvalue weighted by atomic mass is 16.3. The van der Waals surface area contributed by atoms with Crippen molar-refractivity contribution in [1.82, 2.24) is 0 Å². The van der Waals surface area contributed by atoms with Gasteiger partial charge >= 0.3 is 0 Å². The molecule has 0 radical (unpaired) electrons. The van der Waals surface area contributed by atoms with Crippen LogP contribution < -0.4 is 19.6 Å². The van der Waals surface area contributed by atoms with E-state index in [1.54, 1.807) is 0 Å². The maximum Gasteiger partial charge on any atom is 0.143 e. The standard InChI is InChI=1S/C72H54N2O2.C66H42N2O2/c1-45(2)49-19-13-21-55(41-49)73(53-37-33-47(34-38-53)59-27-15-29-63-61-25-9-11-31-67(61)75-71(59)63)69-57-23-7-5-17-51(57)44-66-65(69)43-52-18-6-8-24-58(52)70(66)74(56-22-14-20-50(42-56)46(3)4)54-39-35-48(36-40-54)60-28-16-30-64-62-26-10-12-32-68(62)76-72(60)64;1-3-19-47(20-4-1)67(49-37-33-43(34-38-49)53-27-15-29-57-55-25-11-13-31-61(55)69-65(53)57)63-51-23-9-7-17-45(51)42-60-59(63)41-46-18-8-10-24-52(46)64(60)68(48-21-5-2-6-22-48)50-39-35-44(36-40-50)54-28-16-30-58-56-26-12-14-32-62(56)70-66(54)58/h5-46H,1-4H3;1-42H. The molecule has 0 fully saturated rings. The third-order valence-electron chi connectivity index (χ3n) is 29.5. The molecule has 0 aliphatic rings. The average Bonchev–Trinajstić information content (AvgIpc) is 1.05. The van der Waals surface area contributed by atoms with Crippen LogP contribution >= 0.6 is 0 Å². The molecule has 28 aromatic rings. The van der Waals surface area contributed by atoms with E-state index in [0.29, 0.717) is 11.8 Å². The highest BCUT2D eigenvalue weighted by Gasteiger charge is 2.31. The first-order chi connectivity index (χ1) is 72.1. The maximum absolute atomic E-state index is 6.57. The molecule has 0 atom stereocenters. The summed E-state index contributed by atoms with van der Waals surface area (Å²) in [5.41, 5.74) is 31.4. The molecule has 4 aromatic heterocycles. The minimum atomic E-state index is 0.335. The van der Waals surface area contributed by atoms with Gasteiger partial charge in [-0.25, -0.2) is 0 Å². The van der Waals surface area contributed by atoms with E-state index in [0.717, 1.165) is 254 Å². The number of para-hydroxylation sites is 10. The Morgan fingerprint density at radius 1 is 0.151 bits per heavy atom. The van der Waals surface area contributed by atoms with Crippen LogP contribution in [0.25, 0.3) is 197 Å². The molecule has 0 bridgehead atoms. The molecule has 0 aliphatic heterocycles. The topological polar surface area (TPSA) is 65.5 Å². The van der Waals surface area contributed by atoms with Gasteiger partial charge < -0.3 is 37.3 Å². The molecular weight excluding hydrogens is 1780 g/mol. The smallest absolute Gasteiger partial charge is 0.143 e. The Morgan fingerprint density at radius 2 is 0.349 bits per heavy atom. The van der Waals surface area contributed by atoms with Crippen molar-refractivity contribution in [3.05, 3.63) is 509 Å². The molecule has 24 aromatic carbocycles. The lowest BCUT2D eigenvalue weighted by Gasteiger charge is -2.32. The molecule has 0 saturated carbocycles. The summed E-state index contributed by atoms with van der Waals surface area (Å²) in [6.07, 6.45) is 0. The van der Waals surface area contributed by atoms with Crippen molar-refractivity contribution < 1.29 is 17.7 Å². The van der Waals surface area contributed by atoms with E-state index in [1.165, 1.54) is 21.9 Å². The Balaban J connectivity index is 0.000000145. The van der Waals surface area contributed by atoms with Gasteiger partial charge in [0, 0.05) is 154 Å². The fourth-order valence-electron chi connectivity index (χ4n) is 22.5. The third-order valence-corrected chi connectivity index (χ3v) is 29.5. The van der Waals surface area contributed by atoms with Gasteiger partial charge in [-0.2, -0.15) is 0 Å². The summed E-state index contributed by atoms with van der Waals surface area (Å²) >= 11 is 0. The molecule has 0 amide bonds. The number of anilines is 12. The van der Waals surface area contributed by atoms with E-state index in [9.17, 15) is 0 Å². The lowest BCUT2D eigenvalue weighted by molar-refractivity contribution is 0.669. The number of hydrogen-bond donors (Lipinski definition) is 0. The van der Waals surface area contributed by atoms with Gasteiger partial charge in [-0.1, -0.05) is 380 Å². The molecule has 0 aliphatic carbocycles. The van der Waals surface area contributed by atoms with Crippen molar-refractivity contribution in [3.63, 3.8) is 0 Å². The number of nitrogens with zero attached hydrogens (tertiary/aromatic N) is 4. The van der Waals surface area contributed by atoms with E-state index >= 15 is 0 Å². The first kappa shape index (κ1) is 86.4. The third kappa shape index (κ3) is 14.8. The Kier molecular flexibility index (Phi) is 21.2. The number of rotatable bonds is 18. The van der Waals surface area contributed by atoms with Crippen LogP contribution in [0, 0.1) is 0 Å². The number of furan rings is 4. The van der Waals surface area contributed by atoms with Crippen LogP contribution in [-0.2, 0) is 0 Å². The van der Waals surface area contributed by atoms with Crippen LogP contribution in [0.5, 0.6) is 0 Å². The zero-order valence-electron chi connectivity index (χ0n) is 80.9. The zero-order valence-corrected chi connectivity index (χ0v) is 80.9. The summed E-state index contributed by atoms with van der Waals surface area (Å²) in [6, 6.07) is 180. The van der Waals surface area contributed by atoms with Gasteiger partial charge in [0.2, 0.25) is 0 Å². The van der Waals surface area contributed by atoms with Crippen LogP contribution in [0.4, 0.5) is 68.2 Å². The van der Waals surface area contributed by atoms with Crippen LogP contribution in [-0.4, -0.2) is 0 Å². The molecule has 0 saturated heterocycles. The van der Waals surface area contributed by atoms with Crippen LogP contribution in [0.3, 0.4) is 0 Å². The predicted octanol–water partition coefficient (Wildman–Crippen LogP) is 40.7. The van der Waals surface area contributed by atoms with Gasteiger partial charge in [0.1, 0.15) is 44.7 Å². The van der Waals surface area contributed by atoms with Gasteiger partial charge in [-0.3, -0.25) is 0 Å². The van der Waals surface area contributed by atoms with Gasteiger partial charge in [0.25, 0.3) is 0 Å². The molecule has 692 valence electrons. The molecule has 0 unspecified atom stereocenters. The van der Waals surface area contributed by atoms with Crippen molar-refractivity contribution in [2.24, 2.45) is 0 Å². The maximum atomic E-state index is 6.57. The zero-order chi connectivity index (χ0) is 97.1. The van der Waals surface area contributed by atoms with Gasteiger partial charge in [-0.05, 0) is 212 Å².